The molecule has 0 rings (SSSR count). The van der Waals surface area contributed by atoms with Gasteiger partial charge >= 0.3 is 17.9 Å². The molecule has 0 aliphatic rings. The van der Waals surface area contributed by atoms with Gasteiger partial charge in [-0.2, -0.15) is 0 Å². The SMILES string of the molecule is CC/C=C\C/C=C\C/C=C\C/C=C\C/C=C\C/C=C\C/C=C\C/C=C\C/C=C\C/C=C\CCCCCCC(=O)OCC(COC(=O)CCCCCCCCCCCCCCC)OC(=O)CCCCCCC/C=C\C/C=C\C/C=C\CC. The predicted molar refractivity (Wildman–Crippen MR) is 352 cm³/mol. The van der Waals surface area contributed by atoms with Crippen molar-refractivity contribution in [3.8, 4) is 0 Å². The van der Waals surface area contributed by atoms with E-state index in [-0.39, 0.29) is 31.1 Å². The van der Waals surface area contributed by atoms with Crippen molar-refractivity contribution >= 4 is 17.9 Å². The second-order valence-corrected chi connectivity index (χ2v) is 21.3. The summed E-state index contributed by atoms with van der Waals surface area (Å²) in [5.41, 5.74) is 0. The fourth-order valence-electron chi connectivity index (χ4n) is 8.66. The van der Waals surface area contributed by atoms with Crippen LogP contribution in [-0.4, -0.2) is 37.2 Å². The molecule has 6 heteroatoms. The van der Waals surface area contributed by atoms with Gasteiger partial charge in [0.2, 0.25) is 0 Å². The number of esters is 3. The Morgan fingerprint density at radius 3 is 0.753 bits per heavy atom. The number of unbranched alkanes of at least 4 members (excludes halogenated alkanes) is 21. The average Bonchev–Trinajstić information content (AvgIpc) is 3.46. The summed E-state index contributed by atoms with van der Waals surface area (Å²) in [6.45, 7) is 6.38. The molecule has 456 valence electrons. The number of rotatable bonds is 58. The number of hydrogen-bond donors (Lipinski definition) is 0. The fraction of sp³-hybridized carbons (Fsp3) is 0.613. The molecule has 0 spiro atoms. The van der Waals surface area contributed by atoms with Crippen LogP contribution < -0.4 is 0 Å². The van der Waals surface area contributed by atoms with Crippen molar-refractivity contribution in [1.29, 1.82) is 0 Å². The predicted octanol–water partition coefficient (Wildman–Crippen LogP) is 22.9. The molecule has 81 heavy (non-hydrogen) atoms. The summed E-state index contributed by atoms with van der Waals surface area (Å²) in [5.74, 6) is -0.940. The Morgan fingerprint density at radius 2 is 0.481 bits per heavy atom. The molecular weight excluding hydrogens is 997 g/mol. The van der Waals surface area contributed by atoms with E-state index in [9.17, 15) is 14.4 Å². The topological polar surface area (TPSA) is 78.9 Å². The molecule has 0 saturated carbocycles. The highest BCUT2D eigenvalue weighted by molar-refractivity contribution is 5.71. The molecule has 0 N–H and O–H groups in total. The third-order valence-electron chi connectivity index (χ3n) is 13.5. The lowest BCUT2D eigenvalue weighted by atomic mass is 10.0. The molecule has 0 aromatic rings. The van der Waals surface area contributed by atoms with Crippen LogP contribution in [-0.2, 0) is 28.6 Å². The van der Waals surface area contributed by atoms with Crippen LogP contribution in [0.1, 0.15) is 278 Å². The van der Waals surface area contributed by atoms with E-state index in [1.54, 1.807) is 0 Å². The van der Waals surface area contributed by atoms with Crippen LogP contribution in [0.15, 0.2) is 158 Å². The lowest BCUT2D eigenvalue weighted by molar-refractivity contribution is -0.167. The lowest BCUT2D eigenvalue weighted by Gasteiger charge is -2.18. The highest BCUT2D eigenvalue weighted by Crippen LogP contribution is 2.15. The zero-order valence-corrected chi connectivity index (χ0v) is 52.2. The Labute approximate surface area is 499 Å². The summed E-state index contributed by atoms with van der Waals surface area (Å²) in [5, 5.41) is 0. The van der Waals surface area contributed by atoms with Gasteiger partial charge in [-0.25, -0.2) is 0 Å². The molecule has 0 bridgehead atoms. The van der Waals surface area contributed by atoms with Crippen molar-refractivity contribution in [1.82, 2.24) is 0 Å². The van der Waals surface area contributed by atoms with Gasteiger partial charge in [-0.15, -0.1) is 0 Å². The van der Waals surface area contributed by atoms with Crippen LogP contribution in [0.4, 0.5) is 0 Å². The van der Waals surface area contributed by atoms with Crippen molar-refractivity contribution in [3.05, 3.63) is 158 Å². The van der Waals surface area contributed by atoms with Gasteiger partial charge < -0.3 is 14.2 Å². The molecule has 6 nitrogen and oxygen atoms in total. The van der Waals surface area contributed by atoms with Crippen molar-refractivity contribution in [2.24, 2.45) is 0 Å². The molecule has 0 saturated heterocycles. The Morgan fingerprint density at radius 1 is 0.259 bits per heavy atom. The molecule has 0 aromatic carbocycles. The maximum absolute atomic E-state index is 12.9. The highest BCUT2D eigenvalue weighted by Gasteiger charge is 2.19. The van der Waals surface area contributed by atoms with Crippen LogP contribution in [0.25, 0.3) is 0 Å². The molecule has 0 radical (unpaired) electrons. The molecule has 0 aliphatic carbocycles. The van der Waals surface area contributed by atoms with Gasteiger partial charge in [0.15, 0.2) is 6.10 Å². The summed E-state index contributed by atoms with van der Waals surface area (Å²) in [6, 6.07) is 0. The zero-order chi connectivity index (χ0) is 58.5. The standard InChI is InChI=1S/C75H120O6/c1-4-7-10-13-16-19-22-25-27-28-29-30-31-32-33-34-35-36-37-38-39-40-41-42-43-44-45-46-48-50-53-56-59-62-65-68-74(77)80-71-72(70-79-73(76)67-64-61-58-55-52-49-24-21-18-15-12-9-6-3)81-75(78)69-66-63-60-57-54-51-47-26-23-20-17-14-11-8-5-2/h7-8,10-11,16-17,19-20,25-27,29-30,32-33,35-36,38-39,41-42,44-45,47-48,50,72H,4-6,9,12-15,18,21-24,28,31,34,37,40,43,46,49,51-71H2,1-3H3/b10-7-,11-8-,19-16-,20-17-,27-25-,30-29-,33-32-,36-35-,39-38-,42-41-,45-44-,47-26-,50-48-. The van der Waals surface area contributed by atoms with E-state index in [1.807, 2.05) is 0 Å². The van der Waals surface area contributed by atoms with Crippen LogP contribution in [0.3, 0.4) is 0 Å². The number of ether oxygens (including phenoxy) is 3. The Kier molecular flexibility index (Phi) is 63.4. The zero-order valence-electron chi connectivity index (χ0n) is 52.2. The van der Waals surface area contributed by atoms with Crippen molar-refractivity contribution in [2.45, 2.75) is 284 Å². The summed E-state index contributed by atoms with van der Waals surface area (Å²) in [6.07, 6.45) is 98.3. The lowest BCUT2D eigenvalue weighted by Crippen LogP contribution is -2.30. The maximum atomic E-state index is 12.9. The van der Waals surface area contributed by atoms with Crippen molar-refractivity contribution in [2.75, 3.05) is 13.2 Å². The largest absolute Gasteiger partial charge is 0.462 e. The number of allylic oxidation sites excluding steroid dienone is 26. The van der Waals surface area contributed by atoms with E-state index in [2.05, 4.69) is 179 Å². The van der Waals surface area contributed by atoms with E-state index < -0.39 is 6.10 Å². The van der Waals surface area contributed by atoms with E-state index in [1.165, 1.54) is 64.2 Å². The summed E-state index contributed by atoms with van der Waals surface area (Å²) < 4.78 is 16.9. The van der Waals surface area contributed by atoms with Gasteiger partial charge in [-0.3, -0.25) is 14.4 Å². The maximum Gasteiger partial charge on any atom is 0.306 e. The van der Waals surface area contributed by atoms with Crippen LogP contribution >= 0.6 is 0 Å². The van der Waals surface area contributed by atoms with E-state index in [4.69, 9.17) is 14.2 Å². The van der Waals surface area contributed by atoms with Gasteiger partial charge in [-0.05, 0) is 128 Å². The van der Waals surface area contributed by atoms with E-state index in [0.717, 1.165) is 173 Å². The van der Waals surface area contributed by atoms with Crippen LogP contribution in [0, 0.1) is 0 Å². The first-order chi connectivity index (χ1) is 40.0. The Hall–Kier alpha value is -4.97. The van der Waals surface area contributed by atoms with Gasteiger partial charge in [0.1, 0.15) is 13.2 Å². The number of hydrogen-bond acceptors (Lipinski definition) is 6. The first-order valence-corrected chi connectivity index (χ1v) is 33.0. The van der Waals surface area contributed by atoms with Crippen LogP contribution in [0.2, 0.25) is 0 Å². The van der Waals surface area contributed by atoms with Gasteiger partial charge in [0, 0.05) is 19.3 Å². The molecule has 0 aromatic heterocycles. The number of carbonyl (C=O) groups excluding carboxylic acids is 3. The fourth-order valence-corrected chi connectivity index (χ4v) is 8.66. The van der Waals surface area contributed by atoms with Gasteiger partial charge in [0.25, 0.3) is 0 Å². The van der Waals surface area contributed by atoms with E-state index in [0.29, 0.717) is 19.3 Å². The Bertz CT molecular complexity index is 1810. The monoisotopic (exact) mass is 1120 g/mol. The summed E-state index contributed by atoms with van der Waals surface area (Å²) in [7, 11) is 0. The molecule has 0 aliphatic heterocycles. The number of carbonyl (C=O) groups is 3. The molecular formula is C75H120O6. The smallest absolute Gasteiger partial charge is 0.306 e. The third-order valence-corrected chi connectivity index (χ3v) is 13.5. The van der Waals surface area contributed by atoms with Crippen LogP contribution in [0.5, 0.6) is 0 Å². The summed E-state index contributed by atoms with van der Waals surface area (Å²) in [4.78, 5) is 38.3. The molecule has 1 atom stereocenters. The second-order valence-electron chi connectivity index (χ2n) is 21.3. The average molecular weight is 1120 g/mol. The normalized spacial score (nSPS) is 13.2. The second kappa shape index (κ2) is 67.5. The minimum atomic E-state index is -0.803. The van der Waals surface area contributed by atoms with Gasteiger partial charge in [0.05, 0.1) is 0 Å². The Balaban J connectivity index is 4.33. The third kappa shape index (κ3) is 65.7. The van der Waals surface area contributed by atoms with Crippen molar-refractivity contribution < 1.29 is 28.6 Å². The molecule has 0 amide bonds. The quantitative estimate of drug-likeness (QED) is 0.0261. The van der Waals surface area contributed by atoms with Gasteiger partial charge in [-0.1, -0.05) is 288 Å². The first kappa shape index (κ1) is 76.0. The minimum absolute atomic E-state index is 0.0962. The van der Waals surface area contributed by atoms with E-state index >= 15 is 0 Å². The highest BCUT2D eigenvalue weighted by atomic mass is 16.6. The summed E-state index contributed by atoms with van der Waals surface area (Å²) >= 11 is 0. The molecule has 0 fully saturated rings. The first-order valence-electron chi connectivity index (χ1n) is 33.0. The van der Waals surface area contributed by atoms with Crippen molar-refractivity contribution in [3.63, 3.8) is 0 Å². The minimum Gasteiger partial charge on any atom is -0.462 e. The molecule has 1 unspecified atom stereocenters. The molecule has 0 heterocycles.